The molecule has 0 spiro atoms. The van der Waals surface area contributed by atoms with Gasteiger partial charge in [0.05, 0.1) is 0 Å². The number of hydrogen-bond donors (Lipinski definition) is 0. The lowest BCUT2D eigenvalue weighted by atomic mass is 10.0. The Morgan fingerprint density at radius 3 is 2.75 bits per heavy atom. The van der Waals surface area contributed by atoms with Crippen LogP contribution in [-0.2, 0) is 6.54 Å². The second-order valence-electron chi connectivity index (χ2n) is 5.06. The normalized spacial score (nSPS) is 11.1. The summed E-state index contributed by atoms with van der Waals surface area (Å²) in [4.78, 5) is 0. The Bertz CT molecular complexity index is 727. The van der Waals surface area contributed by atoms with Crippen molar-refractivity contribution < 1.29 is 0 Å². The summed E-state index contributed by atoms with van der Waals surface area (Å²) in [5, 5.41) is 1.94. The fraction of sp³-hybridized carbons (Fsp3) is 0.222. The summed E-state index contributed by atoms with van der Waals surface area (Å²) in [7, 11) is 0. The molecule has 2 aromatic carbocycles. The van der Waals surface area contributed by atoms with E-state index in [4.69, 9.17) is 11.6 Å². The number of nitrogens with zero attached hydrogens (tertiary/aromatic N) is 1. The highest BCUT2D eigenvalue weighted by molar-refractivity contribution is 6.30. The quantitative estimate of drug-likeness (QED) is 0.590. The third kappa shape index (κ3) is 2.59. The van der Waals surface area contributed by atoms with Gasteiger partial charge in [0.15, 0.2) is 0 Å². The smallest absolute Gasteiger partial charge is 0.0487 e. The minimum Gasteiger partial charge on any atom is -0.347 e. The molecule has 20 heavy (non-hydrogen) atoms. The van der Waals surface area contributed by atoms with Gasteiger partial charge in [-0.3, -0.25) is 0 Å². The highest BCUT2D eigenvalue weighted by Crippen LogP contribution is 2.26. The lowest BCUT2D eigenvalue weighted by molar-refractivity contribution is 0.650. The van der Waals surface area contributed by atoms with Crippen molar-refractivity contribution in [3.8, 4) is 11.1 Å². The predicted octanol–water partition coefficient (Wildman–Crippen LogP) is 5.56. The van der Waals surface area contributed by atoms with Crippen LogP contribution in [0.1, 0.15) is 19.8 Å². The molecule has 0 amide bonds. The van der Waals surface area contributed by atoms with Crippen molar-refractivity contribution in [2.24, 2.45) is 0 Å². The van der Waals surface area contributed by atoms with Crippen LogP contribution in [0.3, 0.4) is 0 Å². The van der Waals surface area contributed by atoms with Gasteiger partial charge < -0.3 is 4.57 Å². The van der Waals surface area contributed by atoms with E-state index in [-0.39, 0.29) is 0 Å². The molecule has 0 saturated heterocycles. The van der Waals surface area contributed by atoms with Crippen LogP contribution in [0.25, 0.3) is 22.0 Å². The molecule has 0 bridgehead atoms. The Hall–Kier alpha value is -1.73. The first-order valence-electron chi connectivity index (χ1n) is 7.04. The Balaban J connectivity index is 1.99. The number of rotatable bonds is 4. The van der Waals surface area contributed by atoms with Gasteiger partial charge in [0.1, 0.15) is 0 Å². The molecule has 0 saturated carbocycles. The highest BCUT2D eigenvalue weighted by Gasteiger charge is 2.04. The van der Waals surface area contributed by atoms with Gasteiger partial charge >= 0.3 is 0 Å². The maximum absolute atomic E-state index is 6.06. The molecule has 0 fully saturated rings. The van der Waals surface area contributed by atoms with E-state index < -0.39 is 0 Å². The van der Waals surface area contributed by atoms with Crippen molar-refractivity contribution in [3.63, 3.8) is 0 Å². The van der Waals surface area contributed by atoms with Crippen molar-refractivity contribution in [2.75, 3.05) is 0 Å². The van der Waals surface area contributed by atoms with Gasteiger partial charge in [-0.05, 0) is 41.8 Å². The number of hydrogen-bond acceptors (Lipinski definition) is 0. The SMILES string of the molecule is CCCCn1c[c]c2cc(-c3cccc(Cl)c3)ccc21. The molecule has 0 aliphatic heterocycles. The van der Waals surface area contributed by atoms with E-state index in [0.717, 1.165) is 17.1 Å². The molecule has 1 aromatic heterocycles. The zero-order valence-corrected chi connectivity index (χ0v) is 12.3. The molecule has 0 aliphatic carbocycles. The molecule has 101 valence electrons. The first kappa shape index (κ1) is 13.3. The molecule has 1 nitrogen and oxygen atoms in total. The molecular weight excluding hydrogens is 266 g/mol. The molecule has 2 heteroatoms. The first-order chi connectivity index (χ1) is 9.78. The van der Waals surface area contributed by atoms with Gasteiger partial charge in [0.2, 0.25) is 0 Å². The van der Waals surface area contributed by atoms with Crippen LogP contribution in [0.15, 0.2) is 48.7 Å². The largest absolute Gasteiger partial charge is 0.347 e. The van der Waals surface area contributed by atoms with Gasteiger partial charge in [0, 0.05) is 34.7 Å². The monoisotopic (exact) mass is 282 g/mol. The van der Waals surface area contributed by atoms with E-state index in [2.05, 4.69) is 48.0 Å². The van der Waals surface area contributed by atoms with E-state index in [1.165, 1.54) is 29.3 Å². The average Bonchev–Trinajstić information content (AvgIpc) is 2.87. The third-order valence-electron chi connectivity index (χ3n) is 3.59. The third-order valence-corrected chi connectivity index (χ3v) is 3.83. The summed E-state index contributed by atoms with van der Waals surface area (Å²) in [5.41, 5.74) is 3.59. The van der Waals surface area contributed by atoms with E-state index in [1.807, 2.05) is 18.2 Å². The zero-order chi connectivity index (χ0) is 13.9. The summed E-state index contributed by atoms with van der Waals surface area (Å²) in [6.07, 6.45) is 4.47. The number of aryl methyl sites for hydroxylation is 1. The zero-order valence-electron chi connectivity index (χ0n) is 11.6. The molecule has 0 atom stereocenters. The molecule has 3 rings (SSSR count). The van der Waals surface area contributed by atoms with Gasteiger partial charge in [-0.25, -0.2) is 0 Å². The summed E-state index contributed by atoms with van der Waals surface area (Å²) in [6, 6.07) is 17.8. The second-order valence-corrected chi connectivity index (χ2v) is 5.50. The molecule has 1 radical (unpaired) electrons. The molecule has 3 aromatic rings. The number of fused-ring (bicyclic) bond motifs is 1. The van der Waals surface area contributed by atoms with Gasteiger partial charge in [-0.2, -0.15) is 0 Å². The summed E-state index contributed by atoms with van der Waals surface area (Å²) >= 11 is 6.06. The maximum Gasteiger partial charge on any atom is 0.0487 e. The minimum absolute atomic E-state index is 0.770. The lowest BCUT2D eigenvalue weighted by Gasteiger charge is -2.06. The number of benzene rings is 2. The molecule has 0 N–H and O–H groups in total. The van der Waals surface area contributed by atoms with Crippen LogP contribution < -0.4 is 0 Å². The topological polar surface area (TPSA) is 4.93 Å². The van der Waals surface area contributed by atoms with Gasteiger partial charge in [0.25, 0.3) is 0 Å². The fourth-order valence-electron chi connectivity index (χ4n) is 2.48. The van der Waals surface area contributed by atoms with Gasteiger partial charge in [-0.1, -0.05) is 43.1 Å². The van der Waals surface area contributed by atoms with E-state index in [0.29, 0.717) is 0 Å². The lowest BCUT2D eigenvalue weighted by Crippen LogP contribution is -1.94. The van der Waals surface area contributed by atoms with Crippen LogP contribution in [0.4, 0.5) is 0 Å². The van der Waals surface area contributed by atoms with Crippen molar-refractivity contribution >= 4 is 22.5 Å². The average molecular weight is 283 g/mol. The van der Waals surface area contributed by atoms with E-state index in [9.17, 15) is 0 Å². The first-order valence-corrected chi connectivity index (χ1v) is 7.42. The number of aromatic nitrogens is 1. The number of unbranched alkanes of at least 4 members (excludes halogenated alkanes) is 1. The van der Waals surface area contributed by atoms with Crippen LogP contribution in [0.2, 0.25) is 5.02 Å². The van der Waals surface area contributed by atoms with Crippen LogP contribution in [-0.4, -0.2) is 4.57 Å². The molecular formula is C18H17ClN. The summed E-state index contributed by atoms with van der Waals surface area (Å²) in [5.74, 6) is 0. The van der Waals surface area contributed by atoms with E-state index in [1.54, 1.807) is 0 Å². The summed E-state index contributed by atoms with van der Waals surface area (Å²) < 4.78 is 2.28. The molecule has 1 heterocycles. The number of halogens is 1. The maximum atomic E-state index is 6.06. The van der Waals surface area contributed by atoms with E-state index >= 15 is 0 Å². The minimum atomic E-state index is 0.770. The van der Waals surface area contributed by atoms with Crippen LogP contribution >= 0.6 is 11.6 Å². The van der Waals surface area contributed by atoms with Crippen molar-refractivity contribution in [1.82, 2.24) is 4.57 Å². The molecule has 0 aliphatic rings. The van der Waals surface area contributed by atoms with Crippen molar-refractivity contribution in [2.45, 2.75) is 26.3 Å². The Kier molecular flexibility index (Phi) is 3.79. The second kappa shape index (κ2) is 5.72. The Morgan fingerprint density at radius 1 is 1.10 bits per heavy atom. The van der Waals surface area contributed by atoms with Crippen molar-refractivity contribution in [1.29, 1.82) is 0 Å². The fourth-order valence-corrected chi connectivity index (χ4v) is 2.67. The Morgan fingerprint density at radius 2 is 1.95 bits per heavy atom. The van der Waals surface area contributed by atoms with Gasteiger partial charge in [-0.15, -0.1) is 0 Å². The van der Waals surface area contributed by atoms with Crippen LogP contribution in [0, 0.1) is 6.07 Å². The standard InChI is InChI=1S/C18H17ClN/c1-2-3-10-20-11-9-16-12-15(7-8-18(16)20)14-5-4-6-17(19)13-14/h4-8,11-13H,2-3,10H2,1H3. The molecule has 0 unspecified atom stereocenters. The predicted molar refractivity (Wildman–Crippen MR) is 86.1 cm³/mol. The summed E-state index contributed by atoms with van der Waals surface area (Å²) in [6.45, 7) is 3.28. The van der Waals surface area contributed by atoms with Crippen molar-refractivity contribution in [3.05, 3.63) is 59.8 Å². The van der Waals surface area contributed by atoms with Crippen LogP contribution in [0.5, 0.6) is 0 Å². The highest BCUT2D eigenvalue weighted by atomic mass is 35.5. The Labute approximate surface area is 124 Å².